The number of hydrogen-bond acceptors (Lipinski definition) is 5. The largest absolute Gasteiger partial charge is 0.451 e. The van der Waals surface area contributed by atoms with Gasteiger partial charge in [0.2, 0.25) is 11.7 Å². The molecule has 13 heteroatoms. The highest BCUT2D eigenvalue weighted by atomic mass is 19.4. The smallest absolute Gasteiger partial charge is 0.332 e. The van der Waals surface area contributed by atoms with Crippen molar-refractivity contribution in [3.8, 4) is 0 Å². The third kappa shape index (κ3) is 4.19. The number of benzene rings is 1. The van der Waals surface area contributed by atoms with Crippen LogP contribution in [0.4, 0.5) is 26.3 Å². The molecule has 2 atom stereocenters. The summed E-state index contributed by atoms with van der Waals surface area (Å²) in [6, 6.07) is -1.50. The number of alkyl halides is 3. The van der Waals surface area contributed by atoms with Crippen molar-refractivity contribution in [1.29, 1.82) is 0 Å². The first kappa shape index (κ1) is 21.0. The van der Waals surface area contributed by atoms with Crippen molar-refractivity contribution < 1.29 is 31.1 Å². The number of nitrogens with zero attached hydrogens (tertiary/aromatic N) is 4. The van der Waals surface area contributed by atoms with E-state index in [1.165, 1.54) is 0 Å². The molecule has 29 heavy (non-hydrogen) atoms. The summed E-state index contributed by atoms with van der Waals surface area (Å²) in [5.74, 6) is -5.59. The van der Waals surface area contributed by atoms with Gasteiger partial charge in [0.1, 0.15) is 5.82 Å². The van der Waals surface area contributed by atoms with E-state index in [1.807, 2.05) is 0 Å². The fraction of sp³-hybridized carbons (Fsp3) is 0.438. The zero-order chi connectivity index (χ0) is 21.5. The van der Waals surface area contributed by atoms with E-state index in [9.17, 15) is 31.1 Å². The molecular formula is C16H16F6N6O. The first-order valence-electron chi connectivity index (χ1n) is 8.41. The average molecular weight is 422 g/mol. The van der Waals surface area contributed by atoms with Crippen LogP contribution in [0, 0.1) is 17.5 Å². The molecule has 7 nitrogen and oxygen atoms in total. The lowest BCUT2D eigenvalue weighted by Crippen LogP contribution is -2.55. The lowest BCUT2D eigenvalue weighted by Gasteiger charge is -2.31. The van der Waals surface area contributed by atoms with Gasteiger partial charge in [0, 0.05) is 25.2 Å². The Labute approximate surface area is 160 Å². The fourth-order valence-electron chi connectivity index (χ4n) is 3.05. The maximum atomic E-state index is 13.8. The van der Waals surface area contributed by atoms with Crippen LogP contribution in [-0.4, -0.2) is 44.2 Å². The highest BCUT2D eigenvalue weighted by molar-refractivity contribution is 5.82. The molecule has 0 bridgehead atoms. The van der Waals surface area contributed by atoms with Crippen molar-refractivity contribution in [1.82, 2.24) is 19.7 Å². The number of fused-ring (bicyclic) bond motifs is 1. The zero-order valence-electron chi connectivity index (χ0n) is 14.8. The van der Waals surface area contributed by atoms with Crippen molar-refractivity contribution in [3.05, 3.63) is 46.8 Å². The molecular weight excluding hydrogens is 406 g/mol. The van der Waals surface area contributed by atoms with Gasteiger partial charge < -0.3 is 20.9 Å². The minimum atomic E-state index is -4.68. The Morgan fingerprint density at radius 3 is 2.38 bits per heavy atom. The van der Waals surface area contributed by atoms with Crippen LogP contribution >= 0.6 is 0 Å². The second kappa shape index (κ2) is 7.63. The third-order valence-corrected chi connectivity index (χ3v) is 4.61. The topological polar surface area (TPSA) is 103 Å². The highest BCUT2D eigenvalue weighted by Gasteiger charge is 2.40. The molecule has 1 aliphatic rings. The summed E-state index contributed by atoms with van der Waals surface area (Å²) < 4.78 is 79.6. The monoisotopic (exact) mass is 422 g/mol. The van der Waals surface area contributed by atoms with Crippen LogP contribution in [0.3, 0.4) is 0 Å². The fourth-order valence-corrected chi connectivity index (χ4v) is 3.05. The standard InChI is InChI=1S/C16H16F6N6O/c17-8-5-10(19)9(18)3-7(8)4-11(23)13(24)14(29)27-1-2-28-12(6-27)25-26-15(28)16(20,21)22/h3,5,11,13H,1-2,4,6,23-24H2/t11-,13?/m1/s1. The van der Waals surface area contributed by atoms with E-state index >= 15 is 0 Å². The molecule has 0 saturated carbocycles. The average Bonchev–Trinajstić information content (AvgIpc) is 3.08. The van der Waals surface area contributed by atoms with Crippen LogP contribution in [-0.2, 0) is 30.5 Å². The Morgan fingerprint density at radius 2 is 1.72 bits per heavy atom. The number of nitrogens with two attached hydrogens (primary N) is 2. The summed E-state index contributed by atoms with van der Waals surface area (Å²) in [7, 11) is 0. The van der Waals surface area contributed by atoms with Crippen LogP contribution in [0.2, 0.25) is 0 Å². The Morgan fingerprint density at radius 1 is 1.07 bits per heavy atom. The molecule has 0 saturated heterocycles. The van der Waals surface area contributed by atoms with Gasteiger partial charge in [-0.05, 0) is 18.1 Å². The minimum Gasteiger partial charge on any atom is -0.332 e. The van der Waals surface area contributed by atoms with Crippen LogP contribution in [0.1, 0.15) is 17.2 Å². The number of halogens is 6. The second-order valence-corrected chi connectivity index (χ2v) is 6.60. The van der Waals surface area contributed by atoms with E-state index in [0.29, 0.717) is 12.1 Å². The molecule has 0 fully saturated rings. The second-order valence-electron chi connectivity index (χ2n) is 6.60. The third-order valence-electron chi connectivity index (χ3n) is 4.61. The van der Waals surface area contributed by atoms with Gasteiger partial charge in [-0.25, -0.2) is 13.2 Å². The van der Waals surface area contributed by atoms with E-state index in [4.69, 9.17) is 11.5 Å². The maximum absolute atomic E-state index is 13.8. The molecule has 0 radical (unpaired) electrons. The SMILES string of the molecule is NC(C(=O)N1CCn2c(nnc2C(F)(F)F)C1)[C@H](N)Cc1cc(F)c(F)cc1F. The van der Waals surface area contributed by atoms with Crippen molar-refractivity contribution >= 4 is 5.91 Å². The number of aromatic nitrogens is 3. The van der Waals surface area contributed by atoms with Crippen molar-refractivity contribution in [2.24, 2.45) is 11.5 Å². The molecule has 0 spiro atoms. The summed E-state index contributed by atoms with van der Waals surface area (Å²) in [4.78, 5) is 13.7. The van der Waals surface area contributed by atoms with E-state index in [-0.39, 0.29) is 37.4 Å². The molecule has 1 aromatic heterocycles. The molecule has 2 heterocycles. The lowest BCUT2D eigenvalue weighted by molar-refractivity contribution is -0.148. The molecule has 158 valence electrons. The highest BCUT2D eigenvalue weighted by Crippen LogP contribution is 2.29. The number of hydrogen-bond donors (Lipinski definition) is 2. The van der Waals surface area contributed by atoms with Crippen molar-refractivity contribution in [3.63, 3.8) is 0 Å². The van der Waals surface area contributed by atoms with Crippen LogP contribution in [0.5, 0.6) is 0 Å². The lowest BCUT2D eigenvalue weighted by atomic mass is 9.99. The van der Waals surface area contributed by atoms with E-state index in [2.05, 4.69) is 10.2 Å². The Kier molecular flexibility index (Phi) is 5.54. The number of rotatable bonds is 4. The predicted molar refractivity (Wildman–Crippen MR) is 86.4 cm³/mol. The summed E-state index contributed by atoms with van der Waals surface area (Å²) >= 11 is 0. The number of amides is 1. The van der Waals surface area contributed by atoms with E-state index in [0.717, 1.165) is 9.47 Å². The van der Waals surface area contributed by atoms with Crippen LogP contribution in [0.25, 0.3) is 0 Å². The Hall–Kier alpha value is -2.67. The van der Waals surface area contributed by atoms with Gasteiger partial charge in [0.15, 0.2) is 17.5 Å². The molecule has 1 unspecified atom stereocenters. The molecule has 0 aliphatic carbocycles. The molecule has 3 rings (SSSR count). The predicted octanol–water partition coefficient (Wildman–Crippen LogP) is 0.954. The van der Waals surface area contributed by atoms with E-state index in [1.54, 1.807) is 0 Å². The van der Waals surface area contributed by atoms with Crippen molar-refractivity contribution in [2.45, 2.75) is 37.8 Å². The number of carbonyl (C=O) groups is 1. The van der Waals surface area contributed by atoms with Gasteiger partial charge in [-0.1, -0.05) is 0 Å². The van der Waals surface area contributed by atoms with Crippen molar-refractivity contribution in [2.75, 3.05) is 6.54 Å². The van der Waals surface area contributed by atoms with Gasteiger partial charge in [-0.15, -0.1) is 10.2 Å². The minimum absolute atomic E-state index is 0.0654. The Balaban J connectivity index is 1.69. The molecule has 1 aliphatic heterocycles. The van der Waals surface area contributed by atoms with Gasteiger partial charge in [0.25, 0.3) is 0 Å². The maximum Gasteiger partial charge on any atom is 0.451 e. The van der Waals surface area contributed by atoms with Gasteiger partial charge >= 0.3 is 6.18 Å². The van der Waals surface area contributed by atoms with Gasteiger partial charge in [-0.3, -0.25) is 4.79 Å². The van der Waals surface area contributed by atoms with E-state index < -0.39 is 47.4 Å². The quantitative estimate of drug-likeness (QED) is 0.564. The molecule has 4 N–H and O–H groups in total. The Bertz CT molecular complexity index is 929. The zero-order valence-corrected chi connectivity index (χ0v) is 14.8. The first-order chi connectivity index (χ1) is 13.5. The number of carbonyl (C=O) groups excluding carboxylic acids is 1. The molecule has 1 aromatic carbocycles. The van der Waals surface area contributed by atoms with Crippen LogP contribution in [0.15, 0.2) is 12.1 Å². The summed E-state index contributed by atoms with van der Waals surface area (Å²) in [6.45, 7) is -0.544. The van der Waals surface area contributed by atoms with Gasteiger partial charge in [-0.2, -0.15) is 13.2 Å². The first-order valence-corrected chi connectivity index (χ1v) is 8.41. The summed E-state index contributed by atoms with van der Waals surface area (Å²) in [5.41, 5.74) is 11.4. The summed E-state index contributed by atoms with van der Waals surface area (Å²) in [5, 5.41) is 6.57. The molecule has 1 amide bonds. The van der Waals surface area contributed by atoms with Crippen LogP contribution < -0.4 is 11.5 Å². The van der Waals surface area contributed by atoms with Gasteiger partial charge in [0.05, 0.1) is 12.6 Å². The normalized spacial score (nSPS) is 16.5. The molecule has 2 aromatic rings. The summed E-state index contributed by atoms with van der Waals surface area (Å²) in [6.07, 6.45) is -5.02.